The summed E-state index contributed by atoms with van der Waals surface area (Å²) in [6, 6.07) is 10.8. The van der Waals surface area contributed by atoms with Crippen molar-refractivity contribution in [3.63, 3.8) is 0 Å². The van der Waals surface area contributed by atoms with Crippen molar-refractivity contribution < 1.29 is 4.79 Å². The minimum absolute atomic E-state index is 0. The first kappa shape index (κ1) is 29.5. The van der Waals surface area contributed by atoms with Crippen LogP contribution in [0.25, 0.3) is 0 Å². The summed E-state index contributed by atoms with van der Waals surface area (Å²) in [6.07, 6.45) is 2.73. The van der Waals surface area contributed by atoms with Gasteiger partial charge in [0.25, 0.3) is 0 Å². The molecular weight excluding hydrogens is 527 g/mol. The molecule has 188 valence electrons. The number of anilines is 1. The van der Waals surface area contributed by atoms with Crippen LogP contribution in [0.15, 0.2) is 35.3 Å². The number of aliphatic imine (C=N–C) groups is 1. The summed E-state index contributed by atoms with van der Waals surface area (Å²) in [6.45, 7) is 16.7. The Morgan fingerprint density at radius 1 is 1.09 bits per heavy atom. The average molecular weight is 573 g/mol. The lowest BCUT2D eigenvalue weighted by Crippen LogP contribution is -2.49. The lowest BCUT2D eigenvalue weighted by molar-refractivity contribution is -0.131. The second-order valence-electron chi connectivity index (χ2n) is 8.43. The molecule has 1 amide bonds. The van der Waals surface area contributed by atoms with Gasteiger partial charge >= 0.3 is 0 Å². The van der Waals surface area contributed by atoms with Crippen LogP contribution in [0.5, 0.6) is 0 Å². The number of nitrogens with zero attached hydrogens (tertiary/aromatic N) is 4. The fourth-order valence-corrected chi connectivity index (χ4v) is 4.06. The standard InChI is InChI=1S/C25H44N6O.HI/c1-5-26-25(28-22(4)12-11-17-29(6-2)7-3)27-16-15-24(32)31-20-18-30(19-21-31)23-13-9-8-10-14-23;/h8-10,13-14,22H,5-7,11-12,15-21H2,1-4H3,(H2,26,27,28);1H. The van der Waals surface area contributed by atoms with E-state index in [0.717, 1.165) is 64.7 Å². The van der Waals surface area contributed by atoms with Crippen molar-refractivity contribution in [2.45, 2.75) is 53.0 Å². The van der Waals surface area contributed by atoms with Crippen LogP contribution in [0.1, 0.15) is 47.0 Å². The number of carbonyl (C=O) groups is 1. The van der Waals surface area contributed by atoms with Gasteiger partial charge in [-0.15, -0.1) is 24.0 Å². The lowest BCUT2D eigenvalue weighted by atomic mass is 10.2. The molecule has 0 aliphatic carbocycles. The maximum atomic E-state index is 12.7. The number of benzene rings is 1. The molecule has 2 N–H and O–H groups in total. The smallest absolute Gasteiger partial charge is 0.224 e. The number of guanidine groups is 1. The second-order valence-corrected chi connectivity index (χ2v) is 8.43. The zero-order valence-corrected chi connectivity index (χ0v) is 23.4. The summed E-state index contributed by atoms with van der Waals surface area (Å²) in [4.78, 5) is 24.1. The third kappa shape index (κ3) is 10.9. The molecule has 1 unspecified atom stereocenters. The first-order valence-corrected chi connectivity index (χ1v) is 12.4. The highest BCUT2D eigenvalue weighted by molar-refractivity contribution is 14.0. The molecule has 1 aliphatic heterocycles. The van der Waals surface area contributed by atoms with Gasteiger partial charge in [-0.3, -0.25) is 9.79 Å². The number of hydrogen-bond donors (Lipinski definition) is 2. The van der Waals surface area contributed by atoms with E-state index in [-0.39, 0.29) is 29.9 Å². The zero-order chi connectivity index (χ0) is 23.2. The monoisotopic (exact) mass is 572 g/mol. The van der Waals surface area contributed by atoms with Gasteiger partial charge in [-0.2, -0.15) is 0 Å². The molecule has 1 atom stereocenters. The molecule has 0 aromatic heterocycles. The van der Waals surface area contributed by atoms with Gasteiger partial charge in [0.1, 0.15) is 0 Å². The number of para-hydroxylation sites is 1. The molecule has 0 bridgehead atoms. The van der Waals surface area contributed by atoms with Gasteiger partial charge < -0.3 is 25.3 Å². The Labute approximate surface area is 218 Å². The minimum atomic E-state index is 0. The molecule has 0 radical (unpaired) electrons. The summed E-state index contributed by atoms with van der Waals surface area (Å²) in [5.74, 6) is 1.01. The summed E-state index contributed by atoms with van der Waals surface area (Å²) in [5, 5.41) is 6.80. The van der Waals surface area contributed by atoms with Crippen LogP contribution in [0.3, 0.4) is 0 Å². The minimum Gasteiger partial charge on any atom is -0.368 e. The van der Waals surface area contributed by atoms with Crippen LogP contribution in [0, 0.1) is 0 Å². The fourth-order valence-electron chi connectivity index (χ4n) is 4.06. The van der Waals surface area contributed by atoms with Gasteiger partial charge in [0, 0.05) is 50.9 Å². The normalized spacial score (nSPS) is 15.2. The van der Waals surface area contributed by atoms with Gasteiger partial charge in [0.05, 0.1) is 6.54 Å². The van der Waals surface area contributed by atoms with E-state index in [1.54, 1.807) is 0 Å². The Bertz CT molecular complexity index is 675. The van der Waals surface area contributed by atoms with Crippen LogP contribution >= 0.6 is 24.0 Å². The number of carbonyl (C=O) groups excluding carboxylic acids is 1. The number of halogens is 1. The van der Waals surface area contributed by atoms with Gasteiger partial charge in [-0.1, -0.05) is 32.0 Å². The van der Waals surface area contributed by atoms with E-state index < -0.39 is 0 Å². The highest BCUT2D eigenvalue weighted by atomic mass is 127. The van der Waals surface area contributed by atoms with Gasteiger partial charge in [-0.05, 0) is 58.5 Å². The molecule has 8 heteroatoms. The SMILES string of the molecule is CCNC(=NCCC(=O)N1CCN(c2ccccc2)CC1)NC(C)CCCN(CC)CC.I. The number of nitrogens with one attached hydrogen (secondary N) is 2. The first-order valence-electron chi connectivity index (χ1n) is 12.4. The fraction of sp³-hybridized carbons (Fsp3) is 0.680. The first-order chi connectivity index (χ1) is 15.6. The molecule has 1 fully saturated rings. The van der Waals surface area contributed by atoms with Crippen molar-refractivity contribution in [3.05, 3.63) is 30.3 Å². The van der Waals surface area contributed by atoms with Crippen LogP contribution in [-0.4, -0.2) is 86.6 Å². The average Bonchev–Trinajstić information content (AvgIpc) is 2.82. The third-order valence-corrected chi connectivity index (χ3v) is 6.08. The van der Waals surface area contributed by atoms with Gasteiger partial charge in [0.2, 0.25) is 5.91 Å². The molecule has 1 heterocycles. The van der Waals surface area contributed by atoms with Crippen molar-refractivity contribution in [2.24, 2.45) is 4.99 Å². The molecule has 7 nitrogen and oxygen atoms in total. The molecule has 1 saturated heterocycles. The largest absolute Gasteiger partial charge is 0.368 e. The van der Waals surface area contributed by atoms with Crippen LogP contribution in [0.2, 0.25) is 0 Å². The van der Waals surface area contributed by atoms with E-state index in [2.05, 4.69) is 77.4 Å². The number of hydrogen-bond acceptors (Lipinski definition) is 4. The molecule has 0 spiro atoms. The quantitative estimate of drug-likeness (QED) is 0.229. The number of amides is 1. The predicted molar refractivity (Wildman–Crippen MR) is 151 cm³/mol. The molecule has 33 heavy (non-hydrogen) atoms. The highest BCUT2D eigenvalue weighted by Gasteiger charge is 2.20. The van der Waals surface area contributed by atoms with E-state index in [4.69, 9.17) is 0 Å². The Kier molecular flexibility index (Phi) is 15.2. The predicted octanol–water partition coefficient (Wildman–Crippen LogP) is 3.41. The van der Waals surface area contributed by atoms with E-state index >= 15 is 0 Å². The third-order valence-electron chi connectivity index (χ3n) is 6.08. The number of rotatable bonds is 12. The molecular formula is C25H45IN6O. The molecule has 1 aromatic carbocycles. The van der Waals surface area contributed by atoms with Crippen LogP contribution in [-0.2, 0) is 4.79 Å². The summed E-state index contributed by atoms with van der Waals surface area (Å²) in [5.41, 5.74) is 1.23. The van der Waals surface area contributed by atoms with Crippen molar-refractivity contribution in [3.8, 4) is 0 Å². The van der Waals surface area contributed by atoms with Crippen molar-refractivity contribution in [1.29, 1.82) is 0 Å². The number of piperazine rings is 1. The lowest BCUT2D eigenvalue weighted by Gasteiger charge is -2.36. The van der Waals surface area contributed by atoms with Crippen molar-refractivity contribution in [1.82, 2.24) is 20.4 Å². The second kappa shape index (κ2) is 17.0. The van der Waals surface area contributed by atoms with Gasteiger partial charge in [0.15, 0.2) is 5.96 Å². The van der Waals surface area contributed by atoms with Crippen LogP contribution < -0.4 is 15.5 Å². The van der Waals surface area contributed by atoms with E-state index in [1.807, 2.05) is 11.0 Å². The zero-order valence-electron chi connectivity index (χ0n) is 21.1. The van der Waals surface area contributed by atoms with Crippen molar-refractivity contribution >= 4 is 41.5 Å². The van der Waals surface area contributed by atoms with Crippen molar-refractivity contribution in [2.75, 3.05) is 63.8 Å². The summed E-state index contributed by atoms with van der Waals surface area (Å²) in [7, 11) is 0. The van der Waals surface area contributed by atoms with Crippen LogP contribution in [0.4, 0.5) is 5.69 Å². The molecule has 1 aliphatic rings. The molecule has 2 rings (SSSR count). The van der Waals surface area contributed by atoms with E-state index in [0.29, 0.717) is 19.0 Å². The Hall–Kier alpha value is -1.55. The topological polar surface area (TPSA) is 63.2 Å². The Morgan fingerprint density at radius 2 is 1.76 bits per heavy atom. The maximum Gasteiger partial charge on any atom is 0.224 e. The van der Waals surface area contributed by atoms with E-state index in [9.17, 15) is 4.79 Å². The maximum absolute atomic E-state index is 12.7. The summed E-state index contributed by atoms with van der Waals surface area (Å²) >= 11 is 0. The Morgan fingerprint density at radius 3 is 2.36 bits per heavy atom. The highest BCUT2D eigenvalue weighted by Crippen LogP contribution is 2.15. The van der Waals surface area contributed by atoms with E-state index in [1.165, 1.54) is 12.1 Å². The Balaban J connectivity index is 0.00000544. The molecule has 1 aromatic rings. The molecule has 0 saturated carbocycles. The summed E-state index contributed by atoms with van der Waals surface area (Å²) < 4.78 is 0. The van der Waals surface area contributed by atoms with Gasteiger partial charge in [-0.25, -0.2) is 0 Å².